The van der Waals surface area contributed by atoms with Gasteiger partial charge in [-0.1, -0.05) is 5.16 Å². The van der Waals surface area contributed by atoms with Gasteiger partial charge in [-0.3, -0.25) is 4.79 Å². The van der Waals surface area contributed by atoms with Crippen molar-refractivity contribution in [3.8, 4) is 0 Å². The van der Waals surface area contributed by atoms with Crippen LogP contribution in [0.3, 0.4) is 0 Å². The Hall–Kier alpha value is -1.45. The van der Waals surface area contributed by atoms with Crippen molar-refractivity contribution in [3.63, 3.8) is 0 Å². The molecule has 0 aliphatic carbocycles. The first-order valence-electron chi connectivity index (χ1n) is 5.95. The van der Waals surface area contributed by atoms with Crippen molar-refractivity contribution in [1.82, 2.24) is 14.8 Å². The summed E-state index contributed by atoms with van der Waals surface area (Å²) in [5, 5.41) is 6.16. The third-order valence-corrected chi connectivity index (χ3v) is 4.68. The summed E-state index contributed by atoms with van der Waals surface area (Å²) in [5.41, 5.74) is 0.272. The molecule has 0 unspecified atom stereocenters. The van der Waals surface area contributed by atoms with Crippen LogP contribution in [0.1, 0.15) is 11.5 Å². The summed E-state index contributed by atoms with van der Waals surface area (Å²) >= 11 is 0. The van der Waals surface area contributed by atoms with Gasteiger partial charge in [0.15, 0.2) is 5.76 Å². The zero-order valence-corrected chi connectivity index (χ0v) is 12.8. The third kappa shape index (κ3) is 3.78. The first-order chi connectivity index (χ1) is 9.30. The van der Waals surface area contributed by atoms with Crippen molar-refractivity contribution in [2.75, 3.05) is 33.9 Å². The molecule has 1 heterocycles. The van der Waals surface area contributed by atoms with Gasteiger partial charge in [0.2, 0.25) is 15.9 Å². The highest BCUT2D eigenvalue weighted by atomic mass is 32.2. The van der Waals surface area contributed by atoms with E-state index in [0.29, 0.717) is 13.2 Å². The van der Waals surface area contributed by atoms with Crippen LogP contribution in [-0.2, 0) is 19.6 Å². The van der Waals surface area contributed by atoms with Crippen molar-refractivity contribution >= 4 is 15.9 Å². The number of nitrogens with zero attached hydrogens (tertiary/aromatic N) is 2. The van der Waals surface area contributed by atoms with Crippen molar-refractivity contribution in [3.05, 3.63) is 11.5 Å². The van der Waals surface area contributed by atoms with Crippen LogP contribution < -0.4 is 5.32 Å². The van der Waals surface area contributed by atoms with Crippen LogP contribution in [0.15, 0.2) is 9.42 Å². The zero-order valence-electron chi connectivity index (χ0n) is 12.0. The SMILES string of the molecule is COCCNC(=O)CN(C)S(=O)(=O)c1c(C)noc1C. The predicted octanol–water partition coefficient (Wildman–Crippen LogP) is -0.325. The van der Waals surface area contributed by atoms with Crippen LogP contribution in [0.2, 0.25) is 0 Å². The van der Waals surface area contributed by atoms with Gasteiger partial charge in [-0.2, -0.15) is 4.31 Å². The average molecular weight is 305 g/mol. The minimum atomic E-state index is -3.80. The summed E-state index contributed by atoms with van der Waals surface area (Å²) < 4.78 is 35.2. The lowest BCUT2D eigenvalue weighted by molar-refractivity contribution is -0.121. The van der Waals surface area contributed by atoms with Crippen LogP contribution in [0.25, 0.3) is 0 Å². The lowest BCUT2D eigenvalue weighted by Gasteiger charge is -2.16. The Balaban J connectivity index is 2.76. The summed E-state index contributed by atoms with van der Waals surface area (Å²) in [6.45, 7) is 3.46. The predicted molar refractivity (Wildman–Crippen MR) is 70.7 cm³/mol. The third-order valence-electron chi connectivity index (χ3n) is 2.63. The van der Waals surface area contributed by atoms with E-state index in [1.54, 1.807) is 0 Å². The first-order valence-corrected chi connectivity index (χ1v) is 7.39. The van der Waals surface area contributed by atoms with Gasteiger partial charge in [0, 0.05) is 20.7 Å². The number of amides is 1. The Bertz CT molecular complexity index is 547. The van der Waals surface area contributed by atoms with Crippen molar-refractivity contribution in [1.29, 1.82) is 0 Å². The second-order valence-corrected chi connectivity index (χ2v) is 6.24. The van der Waals surface area contributed by atoms with Gasteiger partial charge in [-0.05, 0) is 13.8 Å². The van der Waals surface area contributed by atoms with Gasteiger partial charge in [0.25, 0.3) is 0 Å². The molecule has 0 aliphatic rings. The van der Waals surface area contributed by atoms with Gasteiger partial charge >= 0.3 is 0 Å². The molecule has 0 spiro atoms. The highest BCUT2D eigenvalue weighted by Crippen LogP contribution is 2.21. The molecular formula is C11H19N3O5S. The normalized spacial score (nSPS) is 11.8. The largest absolute Gasteiger partial charge is 0.383 e. The number of likely N-dealkylation sites (N-methyl/N-ethyl adjacent to an activating group) is 1. The van der Waals surface area contributed by atoms with Crippen molar-refractivity contribution in [2.24, 2.45) is 0 Å². The van der Waals surface area contributed by atoms with E-state index in [1.165, 1.54) is 28.0 Å². The van der Waals surface area contributed by atoms with E-state index < -0.39 is 15.9 Å². The number of aromatic nitrogens is 1. The standard InChI is InChI=1S/C11H19N3O5S/c1-8-11(9(2)19-13-8)20(16,17)14(3)7-10(15)12-5-6-18-4/h5-7H2,1-4H3,(H,12,15). The second-order valence-electron chi connectivity index (χ2n) is 4.26. The monoisotopic (exact) mass is 305 g/mol. The van der Waals surface area contributed by atoms with E-state index in [0.717, 1.165) is 4.31 Å². The van der Waals surface area contributed by atoms with E-state index in [9.17, 15) is 13.2 Å². The molecule has 1 amide bonds. The van der Waals surface area contributed by atoms with Gasteiger partial charge in [0.1, 0.15) is 10.6 Å². The van der Waals surface area contributed by atoms with E-state index in [-0.39, 0.29) is 22.9 Å². The number of hydrogen-bond acceptors (Lipinski definition) is 6. The molecule has 0 fully saturated rings. The van der Waals surface area contributed by atoms with Gasteiger partial charge < -0.3 is 14.6 Å². The van der Waals surface area contributed by atoms with Gasteiger partial charge in [-0.15, -0.1) is 0 Å². The number of carbonyl (C=O) groups is 1. The first kappa shape index (κ1) is 16.6. The maximum atomic E-state index is 12.3. The molecule has 0 aliphatic heterocycles. The Labute approximate surface area is 118 Å². The maximum absolute atomic E-state index is 12.3. The number of methoxy groups -OCH3 is 1. The van der Waals surface area contributed by atoms with E-state index in [1.807, 2.05) is 0 Å². The molecule has 0 radical (unpaired) electrons. The molecule has 9 heteroatoms. The Morgan fingerprint density at radius 3 is 2.60 bits per heavy atom. The molecule has 1 aromatic rings. The molecule has 1 aromatic heterocycles. The maximum Gasteiger partial charge on any atom is 0.248 e. The zero-order chi connectivity index (χ0) is 15.3. The Morgan fingerprint density at radius 1 is 1.45 bits per heavy atom. The van der Waals surface area contributed by atoms with Crippen LogP contribution in [-0.4, -0.2) is 57.6 Å². The number of rotatable bonds is 7. The van der Waals surface area contributed by atoms with Crippen LogP contribution in [0, 0.1) is 13.8 Å². The van der Waals surface area contributed by atoms with E-state index >= 15 is 0 Å². The quantitative estimate of drug-likeness (QED) is 0.692. The molecule has 0 aromatic carbocycles. The number of aryl methyl sites for hydroxylation is 2. The summed E-state index contributed by atoms with van der Waals surface area (Å²) in [6, 6.07) is 0. The smallest absolute Gasteiger partial charge is 0.248 e. The fourth-order valence-corrected chi connectivity index (χ4v) is 3.04. The number of sulfonamides is 1. The highest BCUT2D eigenvalue weighted by molar-refractivity contribution is 7.89. The van der Waals surface area contributed by atoms with Gasteiger partial charge in [-0.25, -0.2) is 8.42 Å². The molecule has 20 heavy (non-hydrogen) atoms. The molecule has 0 saturated carbocycles. The van der Waals surface area contributed by atoms with Crippen LogP contribution in [0.4, 0.5) is 0 Å². The molecule has 1 N–H and O–H groups in total. The molecule has 8 nitrogen and oxygen atoms in total. The van der Waals surface area contributed by atoms with Crippen LogP contribution in [0.5, 0.6) is 0 Å². The van der Waals surface area contributed by atoms with Gasteiger partial charge in [0.05, 0.1) is 13.2 Å². The fraction of sp³-hybridized carbons (Fsp3) is 0.636. The van der Waals surface area contributed by atoms with E-state index in [4.69, 9.17) is 9.26 Å². The van der Waals surface area contributed by atoms with Crippen molar-refractivity contribution < 1.29 is 22.5 Å². The molecule has 1 rings (SSSR count). The Kier molecular flexibility index (Phi) is 5.66. The lowest BCUT2D eigenvalue weighted by atomic mass is 10.4. The topological polar surface area (TPSA) is 102 Å². The molecule has 0 bridgehead atoms. The summed E-state index contributed by atoms with van der Waals surface area (Å²) in [5.74, 6) is -0.200. The summed E-state index contributed by atoms with van der Waals surface area (Å²) in [7, 11) is -0.953. The highest BCUT2D eigenvalue weighted by Gasteiger charge is 2.29. The number of nitrogens with one attached hydrogen (secondary N) is 1. The molecule has 0 saturated heterocycles. The second kappa shape index (κ2) is 6.82. The van der Waals surface area contributed by atoms with Crippen LogP contribution >= 0.6 is 0 Å². The molecular weight excluding hydrogens is 286 g/mol. The minimum absolute atomic E-state index is 0.00434. The minimum Gasteiger partial charge on any atom is -0.383 e. The van der Waals surface area contributed by atoms with E-state index in [2.05, 4.69) is 10.5 Å². The number of ether oxygens (including phenoxy) is 1. The lowest BCUT2D eigenvalue weighted by Crippen LogP contribution is -2.39. The molecule has 0 atom stereocenters. The average Bonchev–Trinajstić information content (AvgIpc) is 2.69. The number of hydrogen-bond donors (Lipinski definition) is 1. The Morgan fingerprint density at radius 2 is 2.10 bits per heavy atom. The van der Waals surface area contributed by atoms with Crippen molar-refractivity contribution in [2.45, 2.75) is 18.7 Å². The number of carbonyl (C=O) groups excluding carboxylic acids is 1. The summed E-state index contributed by atoms with van der Waals surface area (Å²) in [6.07, 6.45) is 0. The molecule has 114 valence electrons. The summed E-state index contributed by atoms with van der Waals surface area (Å²) in [4.78, 5) is 11.6. The fourth-order valence-electron chi connectivity index (χ4n) is 1.63.